The minimum absolute atomic E-state index is 0.291. The van der Waals surface area contributed by atoms with Gasteiger partial charge in [-0.2, -0.15) is 4.98 Å². The van der Waals surface area contributed by atoms with Crippen molar-refractivity contribution in [3.63, 3.8) is 0 Å². The predicted molar refractivity (Wildman–Crippen MR) is 148 cm³/mol. The van der Waals surface area contributed by atoms with Crippen molar-refractivity contribution in [1.82, 2.24) is 14.9 Å². The summed E-state index contributed by atoms with van der Waals surface area (Å²) in [6.45, 7) is 5.97. The maximum Gasteiger partial charge on any atom is 0.225 e. The molecule has 1 saturated heterocycles. The number of piperazine rings is 1. The van der Waals surface area contributed by atoms with Crippen molar-refractivity contribution in [2.75, 3.05) is 54.8 Å². The number of para-hydroxylation sites is 1. The number of nitrogens with one attached hydrogen (secondary N) is 2. The molecule has 0 aliphatic carbocycles. The molecule has 0 radical (unpaired) electrons. The molecule has 1 aliphatic heterocycles. The summed E-state index contributed by atoms with van der Waals surface area (Å²) in [6, 6.07) is 14.4. The van der Waals surface area contributed by atoms with E-state index in [0.29, 0.717) is 45.8 Å². The van der Waals surface area contributed by atoms with E-state index in [1.807, 2.05) is 36.4 Å². The van der Waals surface area contributed by atoms with Crippen LogP contribution in [0.1, 0.15) is 18.6 Å². The molecule has 2 aromatic carbocycles. The Morgan fingerprint density at radius 2 is 1.76 bits per heavy atom. The zero-order valence-electron chi connectivity index (χ0n) is 20.4. The zero-order valence-corrected chi connectivity index (χ0v) is 21.9. The maximum absolute atomic E-state index is 14.5. The number of hydrogen-bond donors (Lipinski definition) is 2. The van der Waals surface area contributed by atoms with Crippen molar-refractivity contribution in [3.05, 3.63) is 76.4 Å². The van der Waals surface area contributed by atoms with Crippen LogP contribution in [0.15, 0.2) is 59.2 Å². The zero-order chi connectivity index (χ0) is 25.6. The van der Waals surface area contributed by atoms with Crippen LogP contribution in [0.2, 0.25) is 10.0 Å². The highest BCUT2D eigenvalue weighted by Crippen LogP contribution is 2.33. The number of halogens is 3. The van der Waals surface area contributed by atoms with Crippen LogP contribution >= 0.6 is 23.2 Å². The van der Waals surface area contributed by atoms with Gasteiger partial charge in [0.25, 0.3) is 0 Å². The summed E-state index contributed by atoms with van der Waals surface area (Å²) in [6.07, 6.45) is 3.61. The highest BCUT2D eigenvalue weighted by molar-refractivity contribution is 6.43. The van der Waals surface area contributed by atoms with Gasteiger partial charge in [0, 0.05) is 38.1 Å². The molecule has 0 bridgehead atoms. The van der Waals surface area contributed by atoms with E-state index in [9.17, 15) is 4.39 Å². The Balaban J connectivity index is 1.11. The number of fused-ring (bicyclic) bond motifs is 1. The van der Waals surface area contributed by atoms with Crippen molar-refractivity contribution < 1.29 is 8.81 Å². The van der Waals surface area contributed by atoms with Crippen molar-refractivity contribution in [3.8, 4) is 0 Å². The molecular formula is C27H29Cl2FN6O. The first kappa shape index (κ1) is 25.6. The summed E-state index contributed by atoms with van der Waals surface area (Å²) < 4.78 is 19.9. The first-order chi connectivity index (χ1) is 18.1. The van der Waals surface area contributed by atoms with Gasteiger partial charge in [0.05, 0.1) is 28.5 Å². The van der Waals surface area contributed by atoms with E-state index < -0.39 is 0 Å². The molecule has 10 heteroatoms. The minimum Gasteiger partial charge on any atom is -0.467 e. The van der Waals surface area contributed by atoms with E-state index in [0.717, 1.165) is 57.0 Å². The van der Waals surface area contributed by atoms with Crippen molar-refractivity contribution >= 4 is 51.6 Å². The third-order valence-electron chi connectivity index (χ3n) is 6.52. The van der Waals surface area contributed by atoms with Gasteiger partial charge >= 0.3 is 0 Å². The first-order valence-corrected chi connectivity index (χ1v) is 13.2. The number of rotatable bonds is 10. The minimum atomic E-state index is -0.373. The van der Waals surface area contributed by atoms with E-state index >= 15 is 0 Å². The Labute approximate surface area is 225 Å². The smallest absolute Gasteiger partial charge is 0.225 e. The summed E-state index contributed by atoms with van der Waals surface area (Å²) in [5.74, 6) is 1.38. The average molecular weight is 543 g/mol. The average Bonchev–Trinajstić information content (AvgIpc) is 3.43. The van der Waals surface area contributed by atoms with Crippen LogP contribution in [0.4, 0.5) is 21.8 Å². The lowest BCUT2D eigenvalue weighted by Gasteiger charge is -2.36. The number of aromatic nitrogens is 2. The second-order valence-electron chi connectivity index (χ2n) is 9.00. The third-order valence-corrected chi connectivity index (χ3v) is 7.32. The Bertz CT molecular complexity index is 1330. The summed E-state index contributed by atoms with van der Waals surface area (Å²) in [7, 11) is 0. The number of nitrogens with zero attached hydrogens (tertiary/aromatic N) is 4. The topological polar surface area (TPSA) is 69.5 Å². The summed E-state index contributed by atoms with van der Waals surface area (Å²) in [5.41, 5.74) is 1.29. The first-order valence-electron chi connectivity index (χ1n) is 12.5. The molecule has 194 valence electrons. The monoisotopic (exact) mass is 542 g/mol. The fourth-order valence-electron chi connectivity index (χ4n) is 4.52. The van der Waals surface area contributed by atoms with E-state index in [4.69, 9.17) is 27.6 Å². The number of anilines is 3. The van der Waals surface area contributed by atoms with Gasteiger partial charge in [-0.25, -0.2) is 9.37 Å². The molecule has 2 aromatic heterocycles. The quantitative estimate of drug-likeness (QED) is 0.228. The molecule has 0 atom stereocenters. The van der Waals surface area contributed by atoms with Crippen LogP contribution in [0.3, 0.4) is 0 Å². The van der Waals surface area contributed by atoms with E-state index in [1.165, 1.54) is 6.07 Å². The van der Waals surface area contributed by atoms with Crippen LogP contribution in [-0.2, 0) is 6.54 Å². The highest BCUT2D eigenvalue weighted by Gasteiger charge is 2.19. The molecule has 5 rings (SSSR count). The molecular weight excluding hydrogens is 514 g/mol. The fraction of sp³-hybridized carbons (Fsp3) is 0.333. The van der Waals surface area contributed by atoms with Crippen LogP contribution < -0.4 is 15.5 Å². The van der Waals surface area contributed by atoms with Gasteiger partial charge in [0.1, 0.15) is 22.9 Å². The van der Waals surface area contributed by atoms with Crippen molar-refractivity contribution in [1.29, 1.82) is 0 Å². The molecule has 0 saturated carbocycles. The van der Waals surface area contributed by atoms with Gasteiger partial charge in [0.15, 0.2) is 0 Å². The van der Waals surface area contributed by atoms with Gasteiger partial charge in [-0.3, -0.25) is 4.90 Å². The lowest BCUT2D eigenvalue weighted by Crippen LogP contribution is -2.46. The Kier molecular flexibility index (Phi) is 8.28. The van der Waals surface area contributed by atoms with Gasteiger partial charge in [-0.1, -0.05) is 35.3 Å². The molecule has 0 amide bonds. The normalized spacial score (nSPS) is 14.3. The summed E-state index contributed by atoms with van der Waals surface area (Å²) >= 11 is 12.6. The van der Waals surface area contributed by atoms with Gasteiger partial charge in [-0.05, 0) is 55.8 Å². The van der Waals surface area contributed by atoms with E-state index in [-0.39, 0.29) is 5.82 Å². The van der Waals surface area contributed by atoms with Crippen LogP contribution in [-0.4, -0.2) is 54.1 Å². The molecule has 0 spiro atoms. The molecule has 7 nitrogen and oxygen atoms in total. The Morgan fingerprint density at radius 3 is 2.57 bits per heavy atom. The number of furan rings is 1. The van der Waals surface area contributed by atoms with E-state index in [1.54, 1.807) is 12.3 Å². The Morgan fingerprint density at radius 1 is 0.919 bits per heavy atom. The second kappa shape index (κ2) is 12.0. The van der Waals surface area contributed by atoms with Crippen LogP contribution in [0.25, 0.3) is 10.9 Å². The largest absolute Gasteiger partial charge is 0.467 e. The second-order valence-corrected chi connectivity index (χ2v) is 9.79. The van der Waals surface area contributed by atoms with Crippen molar-refractivity contribution in [2.45, 2.75) is 19.4 Å². The highest BCUT2D eigenvalue weighted by atomic mass is 35.5. The fourth-order valence-corrected chi connectivity index (χ4v) is 4.94. The summed E-state index contributed by atoms with van der Waals surface area (Å²) in [5, 5.41) is 8.36. The van der Waals surface area contributed by atoms with E-state index in [2.05, 4.69) is 30.4 Å². The van der Waals surface area contributed by atoms with Crippen molar-refractivity contribution in [2.24, 2.45) is 0 Å². The third kappa shape index (κ3) is 6.26. The van der Waals surface area contributed by atoms with Gasteiger partial charge in [0.2, 0.25) is 5.95 Å². The standard InChI is InChI=1S/C27H29Cl2FN6O/c28-21-8-4-10-23(24(21)29)36-15-13-35(14-16-36)12-2-1-11-31-27-33-25-20(7-3-9-22(25)30)26(34-27)32-18-19-6-5-17-37-19/h3-10,17H,1-2,11-16,18H2,(H2,31,32,33,34). The lowest BCUT2D eigenvalue weighted by atomic mass is 10.2. The molecule has 37 heavy (non-hydrogen) atoms. The maximum atomic E-state index is 14.5. The Hall–Kier alpha value is -3.07. The molecule has 1 fully saturated rings. The molecule has 2 N–H and O–H groups in total. The molecule has 3 heterocycles. The lowest BCUT2D eigenvalue weighted by molar-refractivity contribution is 0.254. The van der Waals surface area contributed by atoms with Gasteiger partial charge < -0.3 is 20.0 Å². The number of hydrogen-bond acceptors (Lipinski definition) is 7. The summed E-state index contributed by atoms with van der Waals surface area (Å²) in [4.78, 5) is 13.8. The molecule has 4 aromatic rings. The SMILES string of the molecule is Fc1cccc2c(NCc3ccco3)nc(NCCCCN3CCN(c4cccc(Cl)c4Cl)CC3)nc12. The van der Waals surface area contributed by atoms with Crippen LogP contribution in [0, 0.1) is 5.82 Å². The molecule has 0 unspecified atom stereocenters. The predicted octanol–water partition coefficient (Wildman–Crippen LogP) is 6.30. The van der Waals surface area contributed by atoms with Gasteiger partial charge in [-0.15, -0.1) is 0 Å². The molecule has 1 aliphatic rings. The number of unbranched alkanes of at least 4 members (excludes halogenated alkanes) is 1. The number of benzene rings is 2. The van der Waals surface area contributed by atoms with Crippen LogP contribution in [0.5, 0.6) is 0 Å².